The van der Waals surface area contributed by atoms with Gasteiger partial charge in [-0.1, -0.05) is 6.07 Å². The van der Waals surface area contributed by atoms with Crippen molar-refractivity contribution in [2.75, 3.05) is 24.2 Å². The predicted octanol–water partition coefficient (Wildman–Crippen LogP) is 0.871. The van der Waals surface area contributed by atoms with Gasteiger partial charge in [-0.3, -0.25) is 14.9 Å². The molecule has 1 fully saturated rings. The van der Waals surface area contributed by atoms with Crippen LogP contribution in [-0.4, -0.2) is 31.2 Å². The summed E-state index contributed by atoms with van der Waals surface area (Å²) in [7, 11) is 0. The minimum atomic E-state index is -0.245. The fourth-order valence-electron chi connectivity index (χ4n) is 1.63. The molecule has 5 heteroatoms. The summed E-state index contributed by atoms with van der Waals surface area (Å²) in [5.41, 5.74) is 0.912. The number of piperazine rings is 1. The Hall–Kier alpha value is -1.49. The molecular formula is C11H12N2O2S. The Morgan fingerprint density at radius 2 is 1.94 bits per heavy atom. The maximum atomic E-state index is 11.2. The lowest BCUT2D eigenvalue weighted by atomic mass is 10.2. The van der Waals surface area contributed by atoms with E-state index in [1.165, 1.54) is 0 Å². The molecule has 1 aliphatic rings. The molecule has 1 aromatic carbocycles. The van der Waals surface area contributed by atoms with Crippen LogP contribution in [0.25, 0.3) is 0 Å². The number of amides is 2. The first-order valence-corrected chi connectivity index (χ1v) is 6.13. The van der Waals surface area contributed by atoms with E-state index in [-0.39, 0.29) is 24.9 Å². The number of nitrogens with zero attached hydrogens (tertiary/aromatic N) is 1. The van der Waals surface area contributed by atoms with Gasteiger partial charge in [0.05, 0.1) is 13.1 Å². The molecular weight excluding hydrogens is 224 g/mol. The molecule has 1 saturated heterocycles. The molecule has 0 aromatic heterocycles. The molecule has 1 heterocycles. The maximum Gasteiger partial charge on any atom is 0.246 e. The van der Waals surface area contributed by atoms with Gasteiger partial charge in [-0.15, -0.1) is 11.8 Å². The van der Waals surface area contributed by atoms with E-state index >= 15 is 0 Å². The van der Waals surface area contributed by atoms with Gasteiger partial charge in [0.15, 0.2) is 0 Å². The van der Waals surface area contributed by atoms with E-state index in [1.807, 2.05) is 30.5 Å². The van der Waals surface area contributed by atoms with E-state index in [2.05, 4.69) is 5.32 Å². The van der Waals surface area contributed by atoms with Gasteiger partial charge in [-0.05, 0) is 24.5 Å². The van der Waals surface area contributed by atoms with Crippen LogP contribution in [0.3, 0.4) is 0 Å². The third-order valence-corrected chi connectivity index (χ3v) is 3.09. The number of hydrogen-bond acceptors (Lipinski definition) is 4. The standard InChI is InChI=1S/C11H12N2O2S/c1-16-9-4-2-3-8(5-9)13-6-10(14)12-11(15)7-13/h2-5H,6-7H2,1H3,(H,12,14,15). The molecule has 16 heavy (non-hydrogen) atoms. The zero-order valence-corrected chi connectivity index (χ0v) is 9.71. The molecule has 2 amide bonds. The topological polar surface area (TPSA) is 49.4 Å². The largest absolute Gasteiger partial charge is 0.353 e. The van der Waals surface area contributed by atoms with Crippen molar-refractivity contribution in [1.29, 1.82) is 0 Å². The van der Waals surface area contributed by atoms with E-state index in [0.29, 0.717) is 0 Å². The number of nitrogens with one attached hydrogen (secondary N) is 1. The molecule has 0 aliphatic carbocycles. The fourth-order valence-corrected chi connectivity index (χ4v) is 2.08. The minimum Gasteiger partial charge on any atom is -0.353 e. The number of carbonyl (C=O) groups excluding carboxylic acids is 2. The van der Waals surface area contributed by atoms with Gasteiger partial charge >= 0.3 is 0 Å². The molecule has 1 aromatic rings. The summed E-state index contributed by atoms with van der Waals surface area (Å²) >= 11 is 1.64. The van der Waals surface area contributed by atoms with Crippen LogP contribution >= 0.6 is 11.8 Å². The van der Waals surface area contributed by atoms with Gasteiger partial charge in [-0.2, -0.15) is 0 Å². The van der Waals surface area contributed by atoms with Gasteiger partial charge < -0.3 is 4.90 Å². The number of rotatable bonds is 2. The van der Waals surface area contributed by atoms with Crippen molar-refractivity contribution in [2.24, 2.45) is 0 Å². The first-order valence-electron chi connectivity index (χ1n) is 4.91. The van der Waals surface area contributed by atoms with Crippen molar-refractivity contribution in [3.05, 3.63) is 24.3 Å². The van der Waals surface area contributed by atoms with Crippen molar-refractivity contribution in [3.63, 3.8) is 0 Å². The molecule has 0 unspecified atom stereocenters. The third kappa shape index (κ3) is 2.36. The van der Waals surface area contributed by atoms with Crippen LogP contribution in [0.1, 0.15) is 0 Å². The Balaban J connectivity index is 2.22. The van der Waals surface area contributed by atoms with Crippen LogP contribution in [0, 0.1) is 0 Å². The zero-order valence-electron chi connectivity index (χ0n) is 8.90. The Morgan fingerprint density at radius 3 is 2.56 bits per heavy atom. The summed E-state index contributed by atoms with van der Waals surface area (Å²) in [4.78, 5) is 25.4. The molecule has 1 N–H and O–H groups in total. The summed E-state index contributed by atoms with van der Waals surface area (Å²) in [5, 5.41) is 2.28. The molecule has 1 aliphatic heterocycles. The summed E-state index contributed by atoms with van der Waals surface area (Å²) < 4.78 is 0. The lowest BCUT2D eigenvalue weighted by Crippen LogP contribution is -2.51. The van der Waals surface area contributed by atoms with Crippen molar-refractivity contribution >= 4 is 29.3 Å². The lowest BCUT2D eigenvalue weighted by Gasteiger charge is -2.27. The highest BCUT2D eigenvalue weighted by molar-refractivity contribution is 7.98. The monoisotopic (exact) mass is 236 g/mol. The Bertz CT molecular complexity index is 418. The second kappa shape index (κ2) is 4.57. The number of carbonyl (C=O) groups is 2. The van der Waals surface area contributed by atoms with Gasteiger partial charge in [-0.25, -0.2) is 0 Å². The van der Waals surface area contributed by atoms with E-state index in [0.717, 1.165) is 10.6 Å². The molecule has 0 atom stereocenters. The summed E-state index contributed by atoms with van der Waals surface area (Å²) in [5.74, 6) is -0.489. The molecule has 0 saturated carbocycles. The lowest BCUT2D eigenvalue weighted by molar-refractivity contribution is -0.130. The molecule has 0 spiro atoms. The summed E-state index contributed by atoms with van der Waals surface area (Å²) in [6, 6.07) is 7.82. The smallest absolute Gasteiger partial charge is 0.246 e. The Kier molecular flexibility index (Phi) is 3.14. The minimum absolute atomic E-state index is 0.240. The quantitative estimate of drug-likeness (QED) is 0.611. The predicted molar refractivity (Wildman–Crippen MR) is 63.6 cm³/mol. The van der Waals surface area contributed by atoms with Crippen LogP contribution < -0.4 is 10.2 Å². The van der Waals surface area contributed by atoms with Gasteiger partial charge in [0, 0.05) is 10.6 Å². The number of hydrogen-bond donors (Lipinski definition) is 1. The highest BCUT2D eigenvalue weighted by atomic mass is 32.2. The SMILES string of the molecule is CSc1cccc(N2CC(=O)NC(=O)C2)c1. The second-order valence-electron chi connectivity index (χ2n) is 3.53. The number of anilines is 1. The molecule has 4 nitrogen and oxygen atoms in total. The normalized spacial score (nSPS) is 16.2. The van der Waals surface area contributed by atoms with Crippen molar-refractivity contribution in [3.8, 4) is 0 Å². The third-order valence-electron chi connectivity index (χ3n) is 2.37. The van der Waals surface area contributed by atoms with E-state index < -0.39 is 0 Å². The van der Waals surface area contributed by atoms with Crippen LogP contribution in [-0.2, 0) is 9.59 Å². The molecule has 84 valence electrons. The zero-order chi connectivity index (χ0) is 11.5. The van der Waals surface area contributed by atoms with Gasteiger partial charge in [0.25, 0.3) is 0 Å². The molecule has 2 rings (SSSR count). The number of thioether (sulfide) groups is 1. The second-order valence-corrected chi connectivity index (χ2v) is 4.41. The highest BCUT2D eigenvalue weighted by Gasteiger charge is 2.22. The number of imide groups is 1. The average molecular weight is 236 g/mol. The Morgan fingerprint density at radius 1 is 1.25 bits per heavy atom. The van der Waals surface area contributed by atoms with Crippen LogP contribution in [0.2, 0.25) is 0 Å². The summed E-state index contributed by atoms with van der Waals surface area (Å²) in [6.45, 7) is 0.479. The van der Waals surface area contributed by atoms with Crippen molar-refractivity contribution < 1.29 is 9.59 Å². The van der Waals surface area contributed by atoms with E-state index in [4.69, 9.17) is 0 Å². The number of benzene rings is 1. The van der Waals surface area contributed by atoms with Crippen molar-refractivity contribution in [2.45, 2.75) is 4.90 Å². The fraction of sp³-hybridized carbons (Fsp3) is 0.273. The van der Waals surface area contributed by atoms with Crippen LogP contribution in [0.15, 0.2) is 29.2 Å². The molecule has 0 radical (unpaired) electrons. The van der Waals surface area contributed by atoms with Gasteiger partial charge in [0.1, 0.15) is 0 Å². The maximum absolute atomic E-state index is 11.2. The Labute approximate surface area is 98.0 Å². The van der Waals surface area contributed by atoms with E-state index in [9.17, 15) is 9.59 Å². The van der Waals surface area contributed by atoms with Crippen molar-refractivity contribution in [1.82, 2.24) is 5.32 Å². The molecule has 0 bridgehead atoms. The highest BCUT2D eigenvalue weighted by Crippen LogP contribution is 2.22. The first-order chi connectivity index (χ1) is 7.69. The van der Waals surface area contributed by atoms with Crippen LogP contribution in [0.5, 0.6) is 0 Å². The average Bonchev–Trinajstić information content (AvgIpc) is 2.28. The first kappa shape index (κ1) is 11.0. The van der Waals surface area contributed by atoms with Crippen LogP contribution in [0.4, 0.5) is 5.69 Å². The van der Waals surface area contributed by atoms with E-state index in [1.54, 1.807) is 16.7 Å². The summed E-state index contributed by atoms with van der Waals surface area (Å²) in [6.07, 6.45) is 1.99. The van der Waals surface area contributed by atoms with Gasteiger partial charge in [0.2, 0.25) is 11.8 Å².